The third kappa shape index (κ3) is 3.90. The van der Waals surface area contributed by atoms with Gasteiger partial charge in [0.1, 0.15) is 5.82 Å². The Morgan fingerprint density at radius 3 is 2.54 bits per heavy atom. The Bertz CT molecular complexity index is 734. The van der Waals surface area contributed by atoms with Gasteiger partial charge in [0.15, 0.2) is 0 Å². The van der Waals surface area contributed by atoms with Crippen LogP contribution in [0.15, 0.2) is 43.1 Å². The minimum Gasteiger partial charge on any atom is -0.344 e. The van der Waals surface area contributed by atoms with Crippen molar-refractivity contribution in [2.45, 2.75) is 26.3 Å². The van der Waals surface area contributed by atoms with Crippen LogP contribution in [0.3, 0.4) is 0 Å². The van der Waals surface area contributed by atoms with Crippen LogP contribution >= 0.6 is 0 Å². The third-order valence-electron chi connectivity index (χ3n) is 3.79. The molecule has 1 aromatic carbocycles. The fourth-order valence-corrected chi connectivity index (χ4v) is 2.32. The van der Waals surface area contributed by atoms with E-state index in [0.717, 1.165) is 17.9 Å². The average Bonchev–Trinajstić information content (AvgIpc) is 3.04. The minimum atomic E-state index is -0.202. The lowest BCUT2D eigenvalue weighted by Gasteiger charge is -2.17. The topological polar surface area (TPSA) is 78.1 Å². The second kappa shape index (κ2) is 7.59. The number of benzene rings is 1. The molecule has 0 aliphatic carbocycles. The first-order valence-corrected chi connectivity index (χ1v) is 7.78. The lowest BCUT2D eigenvalue weighted by molar-refractivity contribution is -0.113. The summed E-state index contributed by atoms with van der Waals surface area (Å²) in [7, 11) is 1.66. The largest absolute Gasteiger partial charge is 0.344 e. The fourth-order valence-electron chi connectivity index (χ4n) is 2.32. The lowest BCUT2D eigenvalue weighted by atomic mass is 10.1. The van der Waals surface area contributed by atoms with Crippen molar-refractivity contribution < 1.29 is 9.59 Å². The monoisotopic (exact) mass is 326 g/mol. The molecule has 0 spiro atoms. The van der Waals surface area contributed by atoms with Crippen LogP contribution in [-0.2, 0) is 4.79 Å². The molecule has 0 saturated heterocycles. The van der Waals surface area contributed by atoms with E-state index in [1.165, 1.54) is 11.0 Å². The summed E-state index contributed by atoms with van der Waals surface area (Å²) in [6.45, 7) is 7.37. The van der Waals surface area contributed by atoms with Crippen molar-refractivity contribution in [3.63, 3.8) is 0 Å². The molecular formula is C18H22N4O2. The van der Waals surface area contributed by atoms with Crippen LogP contribution in [0.4, 0.5) is 5.69 Å². The van der Waals surface area contributed by atoms with Crippen molar-refractivity contribution in [2.75, 3.05) is 11.9 Å². The molecule has 6 heteroatoms. The third-order valence-corrected chi connectivity index (χ3v) is 3.79. The van der Waals surface area contributed by atoms with Crippen LogP contribution in [0, 0.1) is 6.92 Å². The van der Waals surface area contributed by atoms with E-state index in [1.54, 1.807) is 37.5 Å². The summed E-state index contributed by atoms with van der Waals surface area (Å²) < 4.78 is 0. The number of aryl methyl sites for hydroxylation is 1. The number of carbonyl (C=O) groups is 2. The van der Waals surface area contributed by atoms with Gasteiger partial charge in [0.05, 0.1) is 6.04 Å². The summed E-state index contributed by atoms with van der Waals surface area (Å²) in [5.74, 6) is 0.364. The van der Waals surface area contributed by atoms with E-state index in [2.05, 4.69) is 21.9 Å². The molecule has 0 aliphatic rings. The van der Waals surface area contributed by atoms with E-state index in [0.29, 0.717) is 11.3 Å². The quantitative estimate of drug-likeness (QED) is 0.801. The van der Waals surface area contributed by atoms with Gasteiger partial charge >= 0.3 is 0 Å². The summed E-state index contributed by atoms with van der Waals surface area (Å²) in [5.41, 5.74) is 2.18. The van der Waals surface area contributed by atoms with Gasteiger partial charge in [-0.15, -0.1) is 0 Å². The van der Waals surface area contributed by atoms with Crippen molar-refractivity contribution in [3.05, 3.63) is 60.2 Å². The molecule has 1 aromatic heterocycles. The number of nitrogens with zero attached hydrogens (tertiary/aromatic N) is 2. The molecule has 24 heavy (non-hydrogen) atoms. The normalized spacial score (nSPS) is 11.6. The number of carbonyl (C=O) groups excluding carboxylic acids is 2. The number of imidazole rings is 1. The molecule has 2 amide bonds. The highest BCUT2D eigenvalue weighted by Crippen LogP contribution is 2.17. The molecule has 126 valence electrons. The van der Waals surface area contributed by atoms with Crippen LogP contribution in [-0.4, -0.2) is 28.8 Å². The molecule has 1 atom stereocenters. The predicted molar refractivity (Wildman–Crippen MR) is 93.9 cm³/mol. The van der Waals surface area contributed by atoms with Crippen molar-refractivity contribution in [1.82, 2.24) is 15.3 Å². The standard InChI is InChI=1S/C18H22N4O2/c1-5-15(17-19-11-12(3)20-17)21-18(24)13-7-9-14(10-8-13)22(4)16(23)6-2/h6-11,15H,2,5H2,1,3-4H3,(H,19,20)(H,21,24). The fraction of sp³-hybridized carbons (Fsp3) is 0.278. The Morgan fingerprint density at radius 2 is 2.04 bits per heavy atom. The van der Waals surface area contributed by atoms with E-state index in [-0.39, 0.29) is 17.9 Å². The number of rotatable bonds is 6. The van der Waals surface area contributed by atoms with Gasteiger partial charge in [0.2, 0.25) is 5.91 Å². The molecule has 2 aromatic rings. The molecule has 0 saturated carbocycles. The van der Waals surface area contributed by atoms with Crippen LogP contribution in [0.25, 0.3) is 0 Å². The Balaban J connectivity index is 2.09. The van der Waals surface area contributed by atoms with E-state index >= 15 is 0 Å². The van der Waals surface area contributed by atoms with Crippen molar-refractivity contribution >= 4 is 17.5 Å². The molecule has 0 aliphatic heterocycles. The van der Waals surface area contributed by atoms with Gasteiger partial charge < -0.3 is 15.2 Å². The first kappa shape index (κ1) is 17.5. The van der Waals surface area contributed by atoms with Gasteiger partial charge in [0, 0.05) is 30.2 Å². The number of aromatic amines is 1. The maximum absolute atomic E-state index is 12.4. The zero-order valence-corrected chi connectivity index (χ0v) is 14.2. The number of likely N-dealkylation sites (N-methyl/N-ethyl adjacent to an activating group) is 1. The van der Waals surface area contributed by atoms with Gasteiger partial charge in [-0.25, -0.2) is 4.98 Å². The van der Waals surface area contributed by atoms with E-state index in [9.17, 15) is 9.59 Å². The van der Waals surface area contributed by atoms with Gasteiger partial charge in [-0.2, -0.15) is 0 Å². The number of hydrogen-bond donors (Lipinski definition) is 2. The molecule has 0 bridgehead atoms. The van der Waals surface area contributed by atoms with Crippen LogP contribution in [0.2, 0.25) is 0 Å². The molecule has 1 heterocycles. The number of hydrogen-bond acceptors (Lipinski definition) is 3. The number of H-pyrrole nitrogens is 1. The SMILES string of the molecule is C=CC(=O)N(C)c1ccc(C(=O)NC(CC)c2ncc(C)[nH]2)cc1. The second-order valence-electron chi connectivity index (χ2n) is 5.53. The molecule has 0 fully saturated rings. The summed E-state index contributed by atoms with van der Waals surface area (Å²) in [5, 5.41) is 2.97. The first-order valence-electron chi connectivity index (χ1n) is 7.78. The van der Waals surface area contributed by atoms with Crippen LogP contribution < -0.4 is 10.2 Å². The number of aromatic nitrogens is 2. The summed E-state index contributed by atoms with van der Waals surface area (Å²) >= 11 is 0. The summed E-state index contributed by atoms with van der Waals surface area (Å²) in [6.07, 6.45) is 3.72. The lowest BCUT2D eigenvalue weighted by Crippen LogP contribution is -2.29. The van der Waals surface area contributed by atoms with E-state index in [1.807, 2.05) is 13.8 Å². The highest BCUT2D eigenvalue weighted by atomic mass is 16.2. The number of nitrogens with one attached hydrogen (secondary N) is 2. The van der Waals surface area contributed by atoms with Crippen molar-refractivity contribution in [3.8, 4) is 0 Å². The smallest absolute Gasteiger partial charge is 0.251 e. The second-order valence-corrected chi connectivity index (χ2v) is 5.53. The zero-order valence-electron chi connectivity index (χ0n) is 14.2. The Kier molecular flexibility index (Phi) is 5.52. The highest BCUT2D eigenvalue weighted by Gasteiger charge is 2.17. The van der Waals surface area contributed by atoms with Crippen molar-refractivity contribution in [2.24, 2.45) is 0 Å². The molecular weight excluding hydrogens is 304 g/mol. The zero-order chi connectivity index (χ0) is 17.7. The molecule has 1 unspecified atom stereocenters. The summed E-state index contributed by atoms with van der Waals surface area (Å²) in [6, 6.07) is 6.67. The van der Waals surface area contributed by atoms with Gasteiger partial charge in [-0.3, -0.25) is 9.59 Å². The Morgan fingerprint density at radius 1 is 1.38 bits per heavy atom. The molecule has 6 nitrogen and oxygen atoms in total. The minimum absolute atomic E-state index is 0.170. The van der Waals surface area contributed by atoms with E-state index < -0.39 is 0 Å². The predicted octanol–water partition coefficient (Wildman–Crippen LogP) is 2.75. The van der Waals surface area contributed by atoms with Crippen LogP contribution in [0.1, 0.15) is 41.3 Å². The Labute approximate surface area is 141 Å². The number of amides is 2. The first-order chi connectivity index (χ1) is 11.5. The van der Waals surface area contributed by atoms with E-state index in [4.69, 9.17) is 0 Å². The van der Waals surface area contributed by atoms with Gasteiger partial charge in [0.25, 0.3) is 5.91 Å². The van der Waals surface area contributed by atoms with Gasteiger partial charge in [-0.05, 0) is 43.7 Å². The van der Waals surface area contributed by atoms with Crippen LogP contribution in [0.5, 0.6) is 0 Å². The maximum atomic E-state index is 12.4. The van der Waals surface area contributed by atoms with Gasteiger partial charge in [-0.1, -0.05) is 13.5 Å². The number of anilines is 1. The maximum Gasteiger partial charge on any atom is 0.251 e. The van der Waals surface area contributed by atoms with Crippen molar-refractivity contribution in [1.29, 1.82) is 0 Å². The molecule has 2 rings (SSSR count). The summed E-state index contributed by atoms with van der Waals surface area (Å²) in [4.78, 5) is 32.9. The highest BCUT2D eigenvalue weighted by molar-refractivity contribution is 6.01. The molecule has 0 radical (unpaired) electrons. The average molecular weight is 326 g/mol. The Hall–Kier alpha value is -2.89. The molecule has 2 N–H and O–H groups in total.